The lowest BCUT2D eigenvalue weighted by Crippen LogP contribution is -2.06. The van der Waals surface area contributed by atoms with Crippen molar-refractivity contribution < 1.29 is 9.84 Å². The smallest absolute Gasteiger partial charge is 0.135 e. The first-order valence-corrected chi connectivity index (χ1v) is 7.09. The lowest BCUT2D eigenvalue weighted by Gasteiger charge is -2.09. The molecule has 0 aliphatic carbocycles. The largest absolute Gasteiger partial charge is 0.486 e. The Hall–Kier alpha value is -2.25. The van der Waals surface area contributed by atoms with E-state index >= 15 is 0 Å². The Labute approximate surface area is 125 Å². The van der Waals surface area contributed by atoms with Gasteiger partial charge in [-0.2, -0.15) is 5.10 Å². The minimum Gasteiger partial charge on any atom is -0.486 e. The van der Waals surface area contributed by atoms with Crippen molar-refractivity contribution in [1.29, 1.82) is 0 Å². The molecule has 21 heavy (non-hydrogen) atoms. The summed E-state index contributed by atoms with van der Waals surface area (Å²) < 4.78 is 7.82. The van der Waals surface area contributed by atoms with E-state index in [0.717, 1.165) is 29.2 Å². The second-order valence-electron chi connectivity index (χ2n) is 4.65. The van der Waals surface area contributed by atoms with Gasteiger partial charge in [-0.05, 0) is 32.0 Å². The topological polar surface area (TPSA) is 47.3 Å². The fourth-order valence-electron chi connectivity index (χ4n) is 2.05. The summed E-state index contributed by atoms with van der Waals surface area (Å²) in [6.45, 7) is 5.40. The van der Waals surface area contributed by atoms with Crippen molar-refractivity contribution in [1.82, 2.24) is 9.78 Å². The minimum absolute atomic E-state index is 0.0744. The fourth-order valence-corrected chi connectivity index (χ4v) is 2.05. The molecule has 1 aromatic carbocycles. The second-order valence-corrected chi connectivity index (χ2v) is 4.65. The molecule has 110 valence electrons. The monoisotopic (exact) mass is 284 g/mol. The summed E-state index contributed by atoms with van der Waals surface area (Å²) in [6, 6.07) is 9.71. The Morgan fingerprint density at radius 1 is 1.33 bits per heavy atom. The highest BCUT2D eigenvalue weighted by molar-refractivity contribution is 5.45. The highest BCUT2D eigenvalue weighted by Gasteiger charge is 2.06. The Bertz CT molecular complexity index is 650. The number of nitrogens with zero attached hydrogens (tertiary/aromatic N) is 2. The van der Waals surface area contributed by atoms with Gasteiger partial charge >= 0.3 is 0 Å². The molecule has 0 atom stereocenters. The first-order valence-electron chi connectivity index (χ1n) is 7.09. The highest BCUT2D eigenvalue weighted by Crippen LogP contribution is 2.18. The van der Waals surface area contributed by atoms with Crippen LogP contribution in [-0.2, 0) is 13.2 Å². The maximum absolute atomic E-state index is 8.78. The average Bonchev–Trinajstić information content (AvgIpc) is 2.86. The summed E-state index contributed by atoms with van der Waals surface area (Å²) in [5.41, 5.74) is 2.88. The summed E-state index contributed by atoms with van der Waals surface area (Å²) >= 11 is 0. The normalized spacial score (nSPS) is 10.0. The zero-order chi connectivity index (χ0) is 15.1. The van der Waals surface area contributed by atoms with Crippen LogP contribution in [-0.4, -0.2) is 21.5 Å². The van der Waals surface area contributed by atoms with Crippen molar-refractivity contribution in [2.45, 2.75) is 33.4 Å². The molecule has 0 amide bonds. The molecule has 1 N–H and O–H groups in total. The minimum atomic E-state index is 0.0744. The van der Waals surface area contributed by atoms with E-state index in [4.69, 9.17) is 9.84 Å². The molecule has 0 unspecified atom stereocenters. The molecule has 2 rings (SSSR count). The van der Waals surface area contributed by atoms with Crippen molar-refractivity contribution in [3.63, 3.8) is 0 Å². The third-order valence-corrected chi connectivity index (χ3v) is 3.01. The number of ether oxygens (including phenoxy) is 1. The van der Waals surface area contributed by atoms with Gasteiger partial charge in [0.15, 0.2) is 0 Å². The van der Waals surface area contributed by atoms with Crippen LogP contribution in [0.15, 0.2) is 30.3 Å². The van der Waals surface area contributed by atoms with Crippen LogP contribution in [0.4, 0.5) is 0 Å². The molecule has 0 saturated carbocycles. The predicted octanol–water partition coefficient (Wildman–Crippen LogP) is 2.52. The molecule has 0 aliphatic rings. The summed E-state index contributed by atoms with van der Waals surface area (Å²) in [5.74, 6) is 6.70. The molecule has 2 aromatic rings. The predicted molar refractivity (Wildman–Crippen MR) is 82.0 cm³/mol. The summed E-state index contributed by atoms with van der Waals surface area (Å²) in [4.78, 5) is 0. The molecule has 4 heteroatoms. The van der Waals surface area contributed by atoms with Gasteiger partial charge in [0.25, 0.3) is 0 Å². The molecule has 0 bridgehead atoms. The number of benzene rings is 1. The van der Waals surface area contributed by atoms with E-state index in [1.807, 2.05) is 41.9 Å². The molecule has 1 aromatic heterocycles. The van der Waals surface area contributed by atoms with E-state index in [-0.39, 0.29) is 6.61 Å². The van der Waals surface area contributed by atoms with Crippen LogP contribution in [0.2, 0.25) is 0 Å². The molecule has 0 radical (unpaired) electrons. The second kappa shape index (κ2) is 7.51. The van der Waals surface area contributed by atoms with Crippen LogP contribution in [0.25, 0.3) is 0 Å². The molecular formula is C17H20N2O2. The maximum Gasteiger partial charge on any atom is 0.135 e. The van der Waals surface area contributed by atoms with Crippen LogP contribution in [0.1, 0.15) is 30.3 Å². The van der Waals surface area contributed by atoms with Crippen molar-refractivity contribution in [3.05, 3.63) is 47.3 Å². The van der Waals surface area contributed by atoms with Crippen LogP contribution < -0.4 is 4.74 Å². The van der Waals surface area contributed by atoms with Gasteiger partial charge in [0, 0.05) is 13.0 Å². The maximum atomic E-state index is 8.78. The van der Waals surface area contributed by atoms with E-state index < -0.39 is 0 Å². The van der Waals surface area contributed by atoms with Gasteiger partial charge in [0.1, 0.15) is 12.4 Å². The lowest BCUT2D eigenvalue weighted by molar-refractivity contribution is 0.291. The zero-order valence-electron chi connectivity index (χ0n) is 12.5. The molecule has 4 nitrogen and oxygen atoms in total. The SMILES string of the molecule is CCn1nc(C)cc1COc1ccccc1C#CCCO. The third kappa shape index (κ3) is 4.11. The van der Waals surface area contributed by atoms with Gasteiger partial charge in [-0.3, -0.25) is 4.68 Å². The van der Waals surface area contributed by atoms with Gasteiger partial charge < -0.3 is 9.84 Å². The van der Waals surface area contributed by atoms with Gasteiger partial charge in [0.2, 0.25) is 0 Å². The van der Waals surface area contributed by atoms with Gasteiger partial charge in [-0.25, -0.2) is 0 Å². The zero-order valence-corrected chi connectivity index (χ0v) is 12.5. The van der Waals surface area contributed by atoms with Crippen LogP contribution in [0.5, 0.6) is 5.75 Å². The van der Waals surface area contributed by atoms with Crippen LogP contribution >= 0.6 is 0 Å². The standard InChI is InChI=1S/C17H20N2O2/c1-3-19-16(12-14(2)18-19)13-21-17-10-5-4-8-15(17)9-6-7-11-20/h4-5,8,10,12,20H,3,7,11,13H2,1-2H3. The number of para-hydroxylation sites is 1. The Morgan fingerprint density at radius 3 is 2.90 bits per heavy atom. The Kier molecular flexibility index (Phi) is 5.42. The molecule has 0 saturated heterocycles. The highest BCUT2D eigenvalue weighted by atomic mass is 16.5. The van der Waals surface area contributed by atoms with Crippen LogP contribution in [0.3, 0.4) is 0 Å². The number of rotatable bonds is 5. The van der Waals surface area contributed by atoms with Gasteiger partial charge in [-0.15, -0.1) is 0 Å². The number of aryl methyl sites for hydroxylation is 2. The van der Waals surface area contributed by atoms with Gasteiger partial charge in [-0.1, -0.05) is 24.0 Å². The molecular weight excluding hydrogens is 264 g/mol. The molecule has 0 spiro atoms. The van der Waals surface area contributed by atoms with E-state index in [0.29, 0.717) is 13.0 Å². The molecule has 1 heterocycles. The Morgan fingerprint density at radius 2 is 2.14 bits per heavy atom. The average molecular weight is 284 g/mol. The lowest BCUT2D eigenvalue weighted by atomic mass is 10.2. The van der Waals surface area contributed by atoms with Crippen molar-refractivity contribution in [2.75, 3.05) is 6.61 Å². The van der Waals surface area contributed by atoms with Crippen LogP contribution in [0, 0.1) is 18.8 Å². The number of aromatic nitrogens is 2. The van der Waals surface area contributed by atoms with E-state index in [1.54, 1.807) is 0 Å². The van der Waals surface area contributed by atoms with Crippen molar-refractivity contribution in [2.24, 2.45) is 0 Å². The van der Waals surface area contributed by atoms with Crippen molar-refractivity contribution in [3.8, 4) is 17.6 Å². The first kappa shape index (κ1) is 15.1. The molecule has 0 fully saturated rings. The van der Waals surface area contributed by atoms with Gasteiger partial charge in [0.05, 0.1) is 23.6 Å². The number of hydrogen-bond donors (Lipinski definition) is 1. The molecule has 0 aliphatic heterocycles. The van der Waals surface area contributed by atoms with E-state index in [1.165, 1.54) is 0 Å². The van der Waals surface area contributed by atoms with Crippen molar-refractivity contribution >= 4 is 0 Å². The van der Waals surface area contributed by atoms with E-state index in [2.05, 4.69) is 23.9 Å². The Balaban J connectivity index is 2.11. The number of aliphatic hydroxyl groups is 1. The summed E-state index contributed by atoms with van der Waals surface area (Å²) in [7, 11) is 0. The quantitative estimate of drug-likeness (QED) is 0.858. The first-order chi connectivity index (χ1) is 10.2. The summed E-state index contributed by atoms with van der Waals surface area (Å²) in [5, 5.41) is 13.2. The summed E-state index contributed by atoms with van der Waals surface area (Å²) in [6.07, 6.45) is 0.468. The number of aliphatic hydroxyl groups excluding tert-OH is 1. The van der Waals surface area contributed by atoms with E-state index in [9.17, 15) is 0 Å². The number of hydrogen-bond acceptors (Lipinski definition) is 3. The fraction of sp³-hybridized carbons (Fsp3) is 0.353. The third-order valence-electron chi connectivity index (χ3n) is 3.01.